The minimum Gasteiger partial charge on any atom is -0.494 e. The molecule has 0 bridgehead atoms. The maximum Gasteiger partial charge on any atom is 0.221 e. The molecule has 0 fully saturated rings. The second-order valence-electron chi connectivity index (χ2n) is 7.26. The number of para-hydroxylation sites is 1. The summed E-state index contributed by atoms with van der Waals surface area (Å²) in [5, 5.41) is 15.6. The molecule has 4 rings (SSSR count). The standard InChI is InChI=1S/C21H22N6O2/c1-21(2,28)17-9-4-6-13(23-17)12-27-11-10-15(26-27)18-14-7-5-8-16(29-3)19(14)25-20(22)24-18/h4-11,28H,12H2,1-3H3,(H2,22,24,25). The smallest absolute Gasteiger partial charge is 0.221 e. The number of aliphatic hydroxyl groups is 1. The van der Waals surface area contributed by atoms with Gasteiger partial charge in [0, 0.05) is 11.6 Å². The van der Waals surface area contributed by atoms with Crippen molar-refractivity contribution in [3.05, 3.63) is 60.0 Å². The van der Waals surface area contributed by atoms with Crippen LogP contribution in [0.2, 0.25) is 0 Å². The Morgan fingerprint density at radius 1 is 1.07 bits per heavy atom. The monoisotopic (exact) mass is 390 g/mol. The fourth-order valence-corrected chi connectivity index (χ4v) is 3.15. The zero-order valence-corrected chi connectivity index (χ0v) is 16.5. The van der Waals surface area contributed by atoms with Gasteiger partial charge in [-0.1, -0.05) is 18.2 Å². The summed E-state index contributed by atoms with van der Waals surface area (Å²) in [7, 11) is 1.59. The number of ether oxygens (including phenoxy) is 1. The van der Waals surface area contributed by atoms with Gasteiger partial charge in [-0.3, -0.25) is 9.67 Å². The van der Waals surface area contributed by atoms with E-state index in [1.54, 1.807) is 31.7 Å². The van der Waals surface area contributed by atoms with Gasteiger partial charge in [0.15, 0.2) is 0 Å². The topological polar surface area (TPSA) is 112 Å². The molecule has 8 heteroatoms. The van der Waals surface area contributed by atoms with Crippen molar-refractivity contribution in [3.8, 4) is 17.1 Å². The number of nitrogens with zero attached hydrogens (tertiary/aromatic N) is 5. The van der Waals surface area contributed by atoms with Gasteiger partial charge in [-0.2, -0.15) is 5.10 Å². The van der Waals surface area contributed by atoms with Crippen molar-refractivity contribution < 1.29 is 9.84 Å². The van der Waals surface area contributed by atoms with E-state index >= 15 is 0 Å². The number of nitrogen functional groups attached to an aromatic ring is 1. The lowest BCUT2D eigenvalue weighted by molar-refractivity contribution is 0.0736. The molecule has 29 heavy (non-hydrogen) atoms. The molecule has 1 aromatic carbocycles. The zero-order chi connectivity index (χ0) is 20.6. The Kier molecular flexibility index (Phi) is 4.63. The number of anilines is 1. The van der Waals surface area contributed by atoms with Gasteiger partial charge in [0.05, 0.1) is 25.0 Å². The molecule has 0 atom stereocenters. The van der Waals surface area contributed by atoms with Crippen LogP contribution in [0.4, 0.5) is 5.95 Å². The van der Waals surface area contributed by atoms with Crippen LogP contribution in [0, 0.1) is 0 Å². The maximum absolute atomic E-state index is 10.2. The van der Waals surface area contributed by atoms with Crippen molar-refractivity contribution in [1.82, 2.24) is 24.7 Å². The van der Waals surface area contributed by atoms with E-state index in [4.69, 9.17) is 10.5 Å². The molecule has 3 N–H and O–H groups in total. The van der Waals surface area contributed by atoms with Crippen molar-refractivity contribution in [2.75, 3.05) is 12.8 Å². The van der Waals surface area contributed by atoms with Crippen LogP contribution in [0.1, 0.15) is 25.2 Å². The second kappa shape index (κ2) is 7.14. The van der Waals surface area contributed by atoms with Gasteiger partial charge in [0.2, 0.25) is 5.95 Å². The predicted molar refractivity (Wildman–Crippen MR) is 110 cm³/mol. The number of hydrogen-bond acceptors (Lipinski definition) is 7. The van der Waals surface area contributed by atoms with Gasteiger partial charge in [0.25, 0.3) is 0 Å². The highest BCUT2D eigenvalue weighted by Gasteiger charge is 2.18. The SMILES string of the molecule is COc1cccc2c(-c3ccn(Cc4cccc(C(C)(C)O)n4)n3)nc(N)nc12. The van der Waals surface area contributed by atoms with Gasteiger partial charge in [-0.25, -0.2) is 9.97 Å². The summed E-state index contributed by atoms with van der Waals surface area (Å²) >= 11 is 0. The highest BCUT2D eigenvalue weighted by atomic mass is 16.5. The van der Waals surface area contributed by atoms with Gasteiger partial charge in [-0.05, 0) is 38.1 Å². The molecule has 0 amide bonds. The molecule has 0 aliphatic rings. The lowest BCUT2D eigenvalue weighted by Gasteiger charge is -2.17. The molecule has 3 heterocycles. The summed E-state index contributed by atoms with van der Waals surface area (Å²) in [5.74, 6) is 0.788. The average molecular weight is 390 g/mol. The fourth-order valence-electron chi connectivity index (χ4n) is 3.15. The Balaban J connectivity index is 1.70. The van der Waals surface area contributed by atoms with E-state index in [1.807, 2.05) is 42.6 Å². The number of rotatable bonds is 5. The Bertz CT molecular complexity index is 1180. The van der Waals surface area contributed by atoms with Crippen LogP contribution in [0.5, 0.6) is 5.75 Å². The molecular weight excluding hydrogens is 368 g/mol. The number of hydrogen-bond donors (Lipinski definition) is 2. The number of pyridine rings is 1. The van der Waals surface area contributed by atoms with E-state index in [0.29, 0.717) is 34.9 Å². The average Bonchev–Trinajstić information content (AvgIpc) is 3.14. The summed E-state index contributed by atoms with van der Waals surface area (Å²) in [6.07, 6.45) is 1.86. The van der Waals surface area contributed by atoms with E-state index in [9.17, 15) is 5.11 Å². The predicted octanol–water partition coefficient (Wildman–Crippen LogP) is 2.75. The van der Waals surface area contributed by atoms with Crippen LogP contribution >= 0.6 is 0 Å². The van der Waals surface area contributed by atoms with Crippen molar-refractivity contribution in [1.29, 1.82) is 0 Å². The van der Waals surface area contributed by atoms with Crippen LogP contribution in [0.3, 0.4) is 0 Å². The Labute approximate surface area is 168 Å². The van der Waals surface area contributed by atoms with Crippen LogP contribution < -0.4 is 10.5 Å². The van der Waals surface area contributed by atoms with Gasteiger partial charge in [-0.15, -0.1) is 0 Å². The molecule has 0 saturated heterocycles. The molecular formula is C21H22N6O2. The van der Waals surface area contributed by atoms with Gasteiger partial charge >= 0.3 is 0 Å². The Hall–Kier alpha value is -3.52. The first-order chi connectivity index (χ1) is 13.8. The van der Waals surface area contributed by atoms with E-state index < -0.39 is 5.60 Å². The third-order valence-electron chi connectivity index (χ3n) is 4.57. The first-order valence-corrected chi connectivity index (χ1v) is 9.18. The molecule has 3 aromatic heterocycles. The van der Waals surface area contributed by atoms with Crippen molar-refractivity contribution in [2.24, 2.45) is 0 Å². The highest BCUT2D eigenvalue weighted by Crippen LogP contribution is 2.31. The fraction of sp³-hybridized carbons (Fsp3) is 0.238. The quantitative estimate of drug-likeness (QED) is 0.539. The number of nitrogens with two attached hydrogens (primary N) is 1. The van der Waals surface area contributed by atoms with Gasteiger partial charge in [0.1, 0.15) is 28.3 Å². The third-order valence-corrected chi connectivity index (χ3v) is 4.57. The molecule has 8 nitrogen and oxygen atoms in total. The third kappa shape index (κ3) is 3.74. The first-order valence-electron chi connectivity index (χ1n) is 9.18. The summed E-state index contributed by atoms with van der Waals surface area (Å²) < 4.78 is 7.17. The number of methoxy groups -OCH3 is 1. The second-order valence-corrected chi connectivity index (χ2v) is 7.26. The minimum absolute atomic E-state index is 0.158. The largest absolute Gasteiger partial charge is 0.494 e. The minimum atomic E-state index is -0.998. The molecule has 0 aliphatic carbocycles. The van der Waals surface area contributed by atoms with Gasteiger partial charge < -0.3 is 15.6 Å². The van der Waals surface area contributed by atoms with Crippen LogP contribution in [-0.4, -0.2) is 36.9 Å². The molecule has 0 aliphatic heterocycles. The number of aromatic nitrogens is 5. The number of fused-ring (bicyclic) bond motifs is 1. The summed E-state index contributed by atoms with van der Waals surface area (Å²) in [6.45, 7) is 3.89. The molecule has 148 valence electrons. The summed E-state index contributed by atoms with van der Waals surface area (Å²) in [6, 6.07) is 13.1. The summed E-state index contributed by atoms with van der Waals surface area (Å²) in [4.78, 5) is 13.2. The zero-order valence-electron chi connectivity index (χ0n) is 16.5. The van der Waals surface area contributed by atoms with E-state index in [-0.39, 0.29) is 5.95 Å². The van der Waals surface area contributed by atoms with Crippen molar-refractivity contribution >= 4 is 16.9 Å². The number of benzene rings is 1. The first kappa shape index (κ1) is 18.8. The summed E-state index contributed by atoms with van der Waals surface area (Å²) in [5.41, 5.74) is 8.31. The van der Waals surface area contributed by atoms with Crippen molar-refractivity contribution in [3.63, 3.8) is 0 Å². The lowest BCUT2D eigenvalue weighted by atomic mass is 10.0. The molecule has 4 aromatic rings. The Morgan fingerprint density at radius 3 is 2.62 bits per heavy atom. The van der Waals surface area contributed by atoms with E-state index in [0.717, 1.165) is 11.1 Å². The molecule has 0 spiro atoms. The molecule has 0 saturated carbocycles. The normalized spacial score (nSPS) is 11.7. The molecule has 0 radical (unpaired) electrons. The highest BCUT2D eigenvalue weighted by molar-refractivity contribution is 5.95. The molecule has 0 unspecified atom stereocenters. The Morgan fingerprint density at radius 2 is 1.86 bits per heavy atom. The lowest BCUT2D eigenvalue weighted by Crippen LogP contribution is -2.18. The van der Waals surface area contributed by atoms with Crippen molar-refractivity contribution in [2.45, 2.75) is 26.0 Å². The van der Waals surface area contributed by atoms with E-state index in [1.165, 1.54) is 0 Å². The van der Waals surface area contributed by atoms with E-state index in [2.05, 4.69) is 20.1 Å². The van der Waals surface area contributed by atoms with Crippen LogP contribution in [0.25, 0.3) is 22.3 Å². The van der Waals surface area contributed by atoms with Crippen LogP contribution in [0.15, 0.2) is 48.7 Å². The maximum atomic E-state index is 10.2. The van der Waals surface area contributed by atoms with Crippen LogP contribution in [-0.2, 0) is 12.1 Å².